The first kappa shape index (κ1) is 22.0. The van der Waals surface area contributed by atoms with Gasteiger partial charge in [-0.25, -0.2) is 9.97 Å². The van der Waals surface area contributed by atoms with Crippen LogP contribution < -0.4 is 10.2 Å². The second-order valence-corrected chi connectivity index (χ2v) is 7.32. The highest BCUT2D eigenvalue weighted by atomic mass is 19.4. The molecule has 1 unspecified atom stereocenters. The molecule has 2 fully saturated rings. The van der Waals surface area contributed by atoms with Gasteiger partial charge in [0.05, 0.1) is 0 Å². The van der Waals surface area contributed by atoms with E-state index < -0.39 is 23.5 Å². The largest absolute Gasteiger partial charge is 0.430 e. The minimum atomic E-state index is -5.96. The van der Waals surface area contributed by atoms with E-state index in [9.17, 15) is 31.4 Å². The zero-order chi connectivity index (χ0) is 21.3. The molecule has 0 aliphatic carbocycles. The van der Waals surface area contributed by atoms with Crippen LogP contribution in [0.25, 0.3) is 0 Å². The summed E-state index contributed by atoms with van der Waals surface area (Å²) in [6.45, 7) is 3.00. The predicted octanol–water partition coefficient (Wildman–Crippen LogP) is 2.38. The lowest BCUT2D eigenvalue weighted by Gasteiger charge is -2.39. The molecule has 164 valence electrons. The maximum absolute atomic E-state index is 13.0. The average Bonchev–Trinajstić information content (AvgIpc) is 2.67. The highest BCUT2D eigenvalue weighted by Gasteiger charge is 2.71. The molecule has 2 N–H and O–H groups in total. The van der Waals surface area contributed by atoms with Gasteiger partial charge in [0, 0.05) is 56.8 Å². The molecule has 0 radical (unpaired) electrons. The number of anilines is 1. The summed E-state index contributed by atoms with van der Waals surface area (Å²) in [5.41, 5.74) is -6.49. The first-order valence-corrected chi connectivity index (χ1v) is 9.27. The van der Waals surface area contributed by atoms with Gasteiger partial charge in [0.2, 0.25) is 5.95 Å². The first-order chi connectivity index (χ1) is 13.5. The van der Waals surface area contributed by atoms with E-state index in [1.165, 1.54) is 0 Å². The molecule has 12 heteroatoms. The van der Waals surface area contributed by atoms with Crippen LogP contribution in [0.2, 0.25) is 0 Å². The minimum Gasteiger partial charge on any atom is -0.381 e. The number of aromatic nitrogens is 2. The van der Waals surface area contributed by atoms with Crippen LogP contribution in [0.1, 0.15) is 24.8 Å². The Morgan fingerprint density at radius 2 is 1.66 bits per heavy atom. The zero-order valence-electron chi connectivity index (χ0n) is 15.4. The number of aliphatic hydroxyl groups is 1. The summed E-state index contributed by atoms with van der Waals surface area (Å²) in [5.74, 6) is 0.454. The van der Waals surface area contributed by atoms with E-state index in [0.717, 1.165) is 19.3 Å². The van der Waals surface area contributed by atoms with Crippen molar-refractivity contribution in [2.75, 3.05) is 37.7 Å². The van der Waals surface area contributed by atoms with E-state index in [2.05, 4.69) is 15.3 Å². The Hall–Kier alpha value is -1.66. The SMILES string of the molecule is OC(c1cnc(N2CCNCC2CC2CCOCC2)nc1)(C(F)(F)F)C(F)(F)F. The number of nitrogens with one attached hydrogen (secondary N) is 1. The van der Waals surface area contributed by atoms with E-state index in [1.807, 2.05) is 0 Å². The van der Waals surface area contributed by atoms with Crippen LogP contribution in [0.5, 0.6) is 0 Å². The highest BCUT2D eigenvalue weighted by molar-refractivity contribution is 5.35. The van der Waals surface area contributed by atoms with Crippen molar-refractivity contribution in [1.29, 1.82) is 0 Å². The fourth-order valence-corrected chi connectivity index (χ4v) is 3.75. The third kappa shape index (κ3) is 4.43. The lowest BCUT2D eigenvalue weighted by atomic mass is 9.91. The Morgan fingerprint density at radius 3 is 2.21 bits per heavy atom. The highest BCUT2D eigenvalue weighted by Crippen LogP contribution is 2.49. The van der Waals surface area contributed by atoms with Gasteiger partial charge in [-0.15, -0.1) is 0 Å². The normalized spacial score (nSPS) is 22.7. The summed E-state index contributed by atoms with van der Waals surface area (Å²) in [6.07, 6.45) is -8.54. The number of nitrogens with zero attached hydrogens (tertiary/aromatic N) is 3. The Bertz CT molecular complexity index is 662. The number of halogens is 6. The maximum atomic E-state index is 13.0. The van der Waals surface area contributed by atoms with Crippen molar-refractivity contribution in [3.8, 4) is 0 Å². The van der Waals surface area contributed by atoms with Gasteiger partial charge in [0.15, 0.2) is 0 Å². The van der Waals surface area contributed by atoms with Crippen molar-refractivity contribution in [3.63, 3.8) is 0 Å². The van der Waals surface area contributed by atoms with Crippen LogP contribution in [0.3, 0.4) is 0 Å². The third-order valence-corrected chi connectivity index (χ3v) is 5.43. The van der Waals surface area contributed by atoms with Crippen molar-refractivity contribution in [2.24, 2.45) is 5.92 Å². The zero-order valence-corrected chi connectivity index (χ0v) is 15.4. The molecule has 29 heavy (non-hydrogen) atoms. The molecule has 1 aromatic heterocycles. The summed E-state index contributed by atoms with van der Waals surface area (Å²) >= 11 is 0. The van der Waals surface area contributed by atoms with Gasteiger partial charge in [0.1, 0.15) is 0 Å². The predicted molar refractivity (Wildman–Crippen MR) is 90.2 cm³/mol. The summed E-state index contributed by atoms with van der Waals surface area (Å²) in [7, 11) is 0. The number of hydrogen-bond acceptors (Lipinski definition) is 6. The van der Waals surface area contributed by atoms with Crippen LogP contribution in [-0.2, 0) is 10.3 Å². The second-order valence-electron chi connectivity index (χ2n) is 7.32. The Morgan fingerprint density at radius 1 is 1.07 bits per heavy atom. The molecule has 0 aromatic carbocycles. The van der Waals surface area contributed by atoms with E-state index in [1.54, 1.807) is 4.90 Å². The molecule has 3 rings (SSSR count). The summed E-state index contributed by atoms with van der Waals surface area (Å²) in [4.78, 5) is 9.27. The van der Waals surface area contributed by atoms with Gasteiger partial charge in [0.25, 0.3) is 5.60 Å². The van der Waals surface area contributed by atoms with Crippen molar-refractivity contribution < 1.29 is 36.2 Å². The molecule has 6 nitrogen and oxygen atoms in total. The van der Waals surface area contributed by atoms with Gasteiger partial charge in [-0.3, -0.25) is 0 Å². The van der Waals surface area contributed by atoms with Crippen molar-refractivity contribution >= 4 is 5.95 Å². The molecular formula is C17H22F6N4O2. The molecule has 3 heterocycles. The van der Waals surface area contributed by atoms with Crippen LogP contribution in [0.15, 0.2) is 12.4 Å². The molecule has 0 amide bonds. The van der Waals surface area contributed by atoms with Crippen LogP contribution in [0, 0.1) is 5.92 Å². The molecular weight excluding hydrogens is 406 g/mol. The van der Waals surface area contributed by atoms with Crippen molar-refractivity contribution in [3.05, 3.63) is 18.0 Å². The summed E-state index contributed by atoms with van der Waals surface area (Å²) in [5, 5.41) is 12.7. The van der Waals surface area contributed by atoms with Gasteiger partial charge in [-0.1, -0.05) is 0 Å². The first-order valence-electron chi connectivity index (χ1n) is 9.27. The van der Waals surface area contributed by atoms with Crippen molar-refractivity contribution in [1.82, 2.24) is 15.3 Å². The third-order valence-electron chi connectivity index (χ3n) is 5.43. The topological polar surface area (TPSA) is 70.5 Å². The smallest absolute Gasteiger partial charge is 0.381 e. The van der Waals surface area contributed by atoms with Crippen LogP contribution >= 0.6 is 0 Å². The Labute approximate surface area is 163 Å². The Kier molecular flexibility index (Phi) is 6.25. The minimum absolute atomic E-state index is 0.0400. The summed E-state index contributed by atoms with van der Waals surface area (Å²) in [6, 6.07) is -0.0400. The molecule has 2 aliphatic rings. The van der Waals surface area contributed by atoms with Crippen LogP contribution in [0.4, 0.5) is 32.3 Å². The van der Waals surface area contributed by atoms with Gasteiger partial charge in [-0.2, -0.15) is 26.3 Å². The maximum Gasteiger partial charge on any atom is 0.430 e. The van der Waals surface area contributed by atoms with Crippen molar-refractivity contribution in [2.45, 2.75) is 43.3 Å². The Balaban J connectivity index is 1.82. The van der Waals surface area contributed by atoms with Gasteiger partial charge in [-0.05, 0) is 25.2 Å². The number of piperazine rings is 1. The quantitative estimate of drug-likeness (QED) is 0.718. The van der Waals surface area contributed by atoms with Gasteiger partial charge >= 0.3 is 12.4 Å². The monoisotopic (exact) mass is 428 g/mol. The molecule has 1 atom stereocenters. The van der Waals surface area contributed by atoms with E-state index >= 15 is 0 Å². The number of hydrogen-bond donors (Lipinski definition) is 2. The molecule has 0 spiro atoms. The van der Waals surface area contributed by atoms with E-state index in [-0.39, 0.29) is 12.0 Å². The fraction of sp³-hybridized carbons (Fsp3) is 0.765. The average molecular weight is 428 g/mol. The standard InChI is InChI=1S/C17H22F6N4O2/c18-16(19,20)15(28,17(21,22)23)12-8-25-14(26-9-12)27-4-3-24-10-13(27)7-11-1-5-29-6-2-11/h8-9,11,13,24,28H,1-7,10H2. The van der Waals surface area contributed by atoms with E-state index in [0.29, 0.717) is 51.2 Å². The van der Waals surface area contributed by atoms with Gasteiger partial charge < -0.3 is 20.1 Å². The lowest BCUT2D eigenvalue weighted by Crippen LogP contribution is -2.54. The molecule has 0 bridgehead atoms. The number of ether oxygens (including phenoxy) is 1. The molecule has 0 saturated carbocycles. The second kappa shape index (κ2) is 8.23. The van der Waals surface area contributed by atoms with E-state index in [4.69, 9.17) is 4.74 Å². The van der Waals surface area contributed by atoms with Crippen LogP contribution in [-0.4, -0.2) is 66.3 Å². The number of alkyl halides is 6. The fourth-order valence-electron chi connectivity index (χ4n) is 3.75. The molecule has 2 aliphatic heterocycles. The number of rotatable bonds is 4. The lowest BCUT2D eigenvalue weighted by molar-refractivity contribution is -0.376. The molecule has 1 aromatic rings. The molecule has 2 saturated heterocycles. The summed E-state index contributed by atoms with van der Waals surface area (Å²) < 4.78 is 83.4.